The first-order valence-electron chi connectivity index (χ1n) is 13.8. The number of amides is 1. The van der Waals surface area contributed by atoms with Crippen LogP contribution in [0, 0.1) is 11.8 Å². The van der Waals surface area contributed by atoms with E-state index in [2.05, 4.69) is 59.9 Å². The van der Waals surface area contributed by atoms with Gasteiger partial charge in [-0.3, -0.25) is 9.48 Å². The number of fused-ring (bicyclic) bond motifs is 4. The van der Waals surface area contributed by atoms with Crippen molar-refractivity contribution in [3.63, 3.8) is 0 Å². The Labute approximate surface area is 208 Å². The van der Waals surface area contributed by atoms with Crippen LogP contribution in [0.5, 0.6) is 5.75 Å². The molecule has 1 amide bonds. The first-order valence-corrected chi connectivity index (χ1v) is 13.8. The molecule has 4 fully saturated rings. The molecule has 186 valence electrons. The molecule has 35 heavy (non-hydrogen) atoms. The summed E-state index contributed by atoms with van der Waals surface area (Å²) < 4.78 is 9.40. The fourth-order valence-electron chi connectivity index (χ4n) is 7.01. The normalized spacial score (nSPS) is 30.4. The van der Waals surface area contributed by atoms with Crippen LogP contribution in [0.15, 0.2) is 24.3 Å². The maximum Gasteiger partial charge on any atom is 0.225 e. The molecule has 2 aliphatic carbocycles. The molecule has 3 atom stereocenters. The van der Waals surface area contributed by atoms with Crippen LogP contribution in [0.4, 0.5) is 0 Å². The number of hydrogen-bond donors (Lipinski definition) is 1. The van der Waals surface area contributed by atoms with Crippen LogP contribution in [-0.4, -0.2) is 45.8 Å². The molecule has 7 rings (SSSR count). The molecule has 0 radical (unpaired) electrons. The van der Waals surface area contributed by atoms with Crippen LogP contribution in [0.3, 0.4) is 0 Å². The van der Waals surface area contributed by atoms with Crippen molar-refractivity contribution in [1.29, 1.82) is 0 Å². The van der Waals surface area contributed by atoms with Gasteiger partial charge in [-0.15, -0.1) is 0 Å². The maximum atomic E-state index is 13.0. The minimum atomic E-state index is -0.381. The summed E-state index contributed by atoms with van der Waals surface area (Å²) >= 11 is 0. The fourth-order valence-corrected chi connectivity index (χ4v) is 7.01. The minimum absolute atomic E-state index is 0.119. The number of rotatable bonds is 3. The van der Waals surface area contributed by atoms with Gasteiger partial charge < -0.3 is 15.0 Å². The predicted octanol–water partition coefficient (Wildman–Crippen LogP) is 5.00. The fraction of sp³-hybridized carbons (Fsp3) is 0.655. The van der Waals surface area contributed by atoms with E-state index in [0.29, 0.717) is 23.8 Å². The van der Waals surface area contributed by atoms with Gasteiger partial charge in [-0.1, -0.05) is 19.1 Å². The minimum Gasteiger partial charge on any atom is -0.482 e. The third-order valence-corrected chi connectivity index (χ3v) is 9.30. The summed E-state index contributed by atoms with van der Waals surface area (Å²) in [5.74, 6) is 2.70. The molecule has 1 N–H and O–H groups in total. The molecular formula is C29H38N4O2. The second kappa shape index (κ2) is 7.58. The molecular weight excluding hydrogens is 436 g/mol. The summed E-state index contributed by atoms with van der Waals surface area (Å²) in [6, 6.07) is 8.86. The Hall–Kier alpha value is -2.34. The van der Waals surface area contributed by atoms with Crippen molar-refractivity contribution in [2.45, 2.75) is 88.8 Å². The summed E-state index contributed by atoms with van der Waals surface area (Å²) in [4.78, 5) is 15.1. The molecule has 5 aliphatic rings. The first kappa shape index (κ1) is 21.9. The topological polar surface area (TPSA) is 59.4 Å². The van der Waals surface area contributed by atoms with E-state index in [1.54, 1.807) is 0 Å². The summed E-state index contributed by atoms with van der Waals surface area (Å²) in [6.45, 7) is 9.40. The largest absolute Gasteiger partial charge is 0.482 e. The standard InChI is InChI=1S/C29H38N4O2/c1-18-16-22(18)27(34)32-14-11-29(12-15-32)24-25(21-6-4-5-7-23(21)35-29)31-33(26(24)19-8-9-19)20-10-13-30-28(2,3)17-20/h4-7,18-20,22,30H,8-17H2,1-3H3/t18-,20?,22-/m0/s1. The molecule has 4 heterocycles. The average Bonchev–Trinajstić information content (AvgIpc) is 3.77. The zero-order valence-electron chi connectivity index (χ0n) is 21.3. The lowest BCUT2D eigenvalue weighted by molar-refractivity contribution is -0.136. The van der Waals surface area contributed by atoms with Gasteiger partial charge >= 0.3 is 0 Å². The van der Waals surface area contributed by atoms with Crippen molar-refractivity contribution in [3.05, 3.63) is 35.5 Å². The number of aromatic nitrogens is 2. The summed E-state index contributed by atoms with van der Waals surface area (Å²) in [5, 5.41) is 9.11. The highest BCUT2D eigenvalue weighted by atomic mass is 16.5. The Balaban J connectivity index is 1.31. The SMILES string of the molecule is C[C@H]1C[C@@H]1C(=O)N1CCC2(CC1)Oc1ccccc1-c1nn(C3CCNC(C)(C)C3)c(C3CC3)c12. The smallest absolute Gasteiger partial charge is 0.225 e. The van der Waals surface area contributed by atoms with E-state index >= 15 is 0 Å². The van der Waals surface area contributed by atoms with Gasteiger partial charge in [-0.2, -0.15) is 5.10 Å². The highest BCUT2D eigenvalue weighted by Crippen LogP contribution is 2.56. The summed E-state index contributed by atoms with van der Waals surface area (Å²) in [6.07, 6.45) is 7.45. The predicted molar refractivity (Wildman–Crippen MR) is 135 cm³/mol. The van der Waals surface area contributed by atoms with Gasteiger partial charge in [0.15, 0.2) is 0 Å². The van der Waals surface area contributed by atoms with Crippen molar-refractivity contribution in [3.8, 4) is 17.0 Å². The molecule has 1 spiro atoms. The third-order valence-electron chi connectivity index (χ3n) is 9.30. The molecule has 1 unspecified atom stereocenters. The summed E-state index contributed by atoms with van der Waals surface area (Å²) in [5.41, 5.74) is 4.80. The molecule has 2 aromatic rings. The Morgan fingerprint density at radius 1 is 1.14 bits per heavy atom. The van der Waals surface area contributed by atoms with Gasteiger partial charge in [0.1, 0.15) is 17.0 Å². The number of hydrogen-bond acceptors (Lipinski definition) is 4. The van der Waals surface area contributed by atoms with Crippen molar-refractivity contribution in [2.75, 3.05) is 19.6 Å². The maximum absolute atomic E-state index is 13.0. The van der Waals surface area contributed by atoms with E-state index in [9.17, 15) is 4.79 Å². The van der Waals surface area contributed by atoms with Gasteiger partial charge in [0.25, 0.3) is 0 Å². The van der Waals surface area contributed by atoms with Crippen molar-refractivity contribution >= 4 is 5.91 Å². The number of para-hydroxylation sites is 1. The van der Waals surface area contributed by atoms with Crippen LogP contribution >= 0.6 is 0 Å². The molecule has 2 saturated carbocycles. The van der Waals surface area contributed by atoms with E-state index in [4.69, 9.17) is 9.84 Å². The van der Waals surface area contributed by atoms with Crippen molar-refractivity contribution < 1.29 is 9.53 Å². The number of nitrogens with one attached hydrogen (secondary N) is 1. The average molecular weight is 475 g/mol. The molecule has 0 bridgehead atoms. The van der Waals surface area contributed by atoms with Crippen LogP contribution in [0.1, 0.15) is 88.9 Å². The Kier molecular flexibility index (Phi) is 4.74. The number of likely N-dealkylation sites (tertiary alicyclic amines) is 1. The van der Waals surface area contributed by atoms with Gasteiger partial charge in [0.2, 0.25) is 5.91 Å². The highest BCUT2D eigenvalue weighted by molar-refractivity contribution is 5.82. The lowest BCUT2D eigenvalue weighted by Gasteiger charge is -2.45. The third kappa shape index (κ3) is 3.54. The lowest BCUT2D eigenvalue weighted by atomic mass is 9.78. The Morgan fingerprint density at radius 3 is 2.57 bits per heavy atom. The monoisotopic (exact) mass is 474 g/mol. The molecule has 2 saturated heterocycles. The summed E-state index contributed by atoms with van der Waals surface area (Å²) in [7, 11) is 0. The van der Waals surface area contributed by atoms with Crippen LogP contribution in [0.2, 0.25) is 0 Å². The number of carbonyl (C=O) groups is 1. The van der Waals surface area contributed by atoms with Crippen molar-refractivity contribution in [2.24, 2.45) is 11.8 Å². The second-order valence-corrected chi connectivity index (χ2v) is 12.5. The molecule has 1 aromatic carbocycles. The van der Waals surface area contributed by atoms with E-state index in [1.807, 2.05) is 0 Å². The number of ether oxygens (including phenoxy) is 1. The van der Waals surface area contributed by atoms with Gasteiger partial charge in [-0.25, -0.2) is 0 Å². The second-order valence-electron chi connectivity index (χ2n) is 12.5. The molecule has 6 heteroatoms. The number of benzene rings is 1. The zero-order chi connectivity index (χ0) is 23.9. The Bertz CT molecular complexity index is 1170. The van der Waals surface area contributed by atoms with Gasteiger partial charge in [-0.05, 0) is 70.5 Å². The highest BCUT2D eigenvalue weighted by Gasteiger charge is 2.52. The van der Waals surface area contributed by atoms with Crippen molar-refractivity contribution in [1.82, 2.24) is 20.0 Å². The van der Waals surface area contributed by atoms with Gasteiger partial charge in [0, 0.05) is 60.1 Å². The van der Waals surface area contributed by atoms with Crippen LogP contribution < -0.4 is 10.1 Å². The van der Waals surface area contributed by atoms with E-state index in [0.717, 1.165) is 68.7 Å². The molecule has 1 aromatic heterocycles. The zero-order valence-corrected chi connectivity index (χ0v) is 21.3. The van der Waals surface area contributed by atoms with Crippen LogP contribution in [0.25, 0.3) is 11.3 Å². The number of carbonyl (C=O) groups excluding carboxylic acids is 1. The molecule has 6 nitrogen and oxygen atoms in total. The quantitative estimate of drug-likeness (QED) is 0.680. The number of piperidine rings is 2. The van der Waals surface area contributed by atoms with E-state index in [-0.39, 0.29) is 17.1 Å². The van der Waals surface area contributed by atoms with E-state index in [1.165, 1.54) is 24.1 Å². The van der Waals surface area contributed by atoms with Crippen LogP contribution in [-0.2, 0) is 10.4 Å². The first-order chi connectivity index (χ1) is 16.9. The lowest BCUT2D eigenvalue weighted by Crippen LogP contribution is -2.50. The number of nitrogens with zero attached hydrogens (tertiary/aromatic N) is 3. The van der Waals surface area contributed by atoms with Gasteiger partial charge in [0.05, 0.1) is 6.04 Å². The Morgan fingerprint density at radius 2 is 1.89 bits per heavy atom. The van der Waals surface area contributed by atoms with E-state index < -0.39 is 0 Å². The molecule has 3 aliphatic heterocycles.